The van der Waals surface area contributed by atoms with Gasteiger partial charge in [0.1, 0.15) is 72.5 Å². The third kappa shape index (κ3) is 39.7. The average molecular weight is 1640 g/mol. The van der Waals surface area contributed by atoms with Gasteiger partial charge in [-0.05, 0) is 102 Å². The normalized spacial score (nSPS) is 16.0. The summed E-state index contributed by atoms with van der Waals surface area (Å²) in [4.78, 5) is 234. The number of rotatable bonds is 55. The molecular weight excluding hydrogens is 1520 g/mol. The fourth-order valence-electron chi connectivity index (χ4n) is 11.3. The Bertz CT molecular complexity index is 3420. The van der Waals surface area contributed by atoms with Crippen LogP contribution in [0.2, 0.25) is 0 Å². The van der Waals surface area contributed by atoms with E-state index < -0.39 is 230 Å². The van der Waals surface area contributed by atoms with Gasteiger partial charge in [0.2, 0.25) is 76.8 Å². The Morgan fingerprint density at radius 3 is 1.21 bits per heavy atom. The average Bonchev–Trinajstić information content (AvgIpc) is 1.74. The summed E-state index contributed by atoms with van der Waals surface area (Å²) in [5, 5.41) is 89.0. The van der Waals surface area contributed by atoms with E-state index >= 15 is 0 Å². The fraction of sp³-hybridized carbons (Fsp3) is 0.701. The van der Waals surface area contributed by atoms with Crippen molar-refractivity contribution in [3.63, 3.8) is 0 Å². The van der Waals surface area contributed by atoms with Crippen molar-refractivity contribution < 1.29 is 107 Å². The highest BCUT2D eigenvalue weighted by molar-refractivity contribution is 6.01. The van der Waals surface area contributed by atoms with E-state index in [1.165, 1.54) is 0 Å². The highest BCUT2D eigenvalue weighted by Gasteiger charge is 2.43. The van der Waals surface area contributed by atoms with E-state index in [4.69, 9.17) is 51.6 Å². The summed E-state index contributed by atoms with van der Waals surface area (Å²) in [6, 6.07) is -21.6. The van der Waals surface area contributed by atoms with Gasteiger partial charge in [0.25, 0.3) is 0 Å². The van der Waals surface area contributed by atoms with E-state index in [0.717, 1.165) is 11.8 Å². The topological polar surface area (TPSA) is 826 Å². The maximum Gasteiger partial charge on any atom is 0.326 e. The molecule has 1 saturated heterocycles. The van der Waals surface area contributed by atoms with Crippen molar-refractivity contribution in [3.05, 3.63) is 0 Å². The van der Waals surface area contributed by atoms with Gasteiger partial charge in [-0.3, -0.25) is 91.9 Å². The number of carbonyl (C=O) groups is 16. The lowest BCUT2D eigenvalue weighted by Crippen LogP contribution is -2.62. The lowest BCUT2D eigenvalue weighted by atomic mass is 9.96. The minimum atomic E-state index is -2.08. The third-order valence-corrected chi connectivity index (χ3v) is 17.5. The van der Waals surface area contributed by atoms with Crippen LogP contribution in [0.1, 0.15) is 145 Å². The fourth-order valence-corrected chi connectivity index (χ4v) is 11.3. The molecule has 15 atom stereocenters. The molecule has 0 unspecified atom stereocenters. The van der Waals surface area contributed by atoms with Crippen LogP contribution >= 0.6 is 0 Å². The zero-order valence-electron chi connectivity index (χ0n) is 65.7. The quantitative estimate of drug-likeness (QED) is 0.0153. The number of aliphatic carboxylic acids is 3. The first-order valence-electron chi connectivity index (χ1n) is 37.3. The summed E-state index contributed by atoms with van der Waals surface area (Å²) in [5.74, 6) is -21.5. The maximum atomic E-state index is 14.9. The third-order valence-electron chi connectivity index (χ3n) is 17.5. The van der Waals surface area contributed by atoms with Crippen LogP contribution in [0.3, 0.4) is 0 Å². The van der Waals surface area contributed by atoms with E-state index in [2.05, 4.69) is 83.8 Å². The van der Waals surface area contributed by atoms with Gasteiger partial charge in [0.15, 0.2) is 23.8 Å². The number of nitrogens with two attached hydrogens (primary N) is 9. The first-order chi connectivity index (χ1) is 53.9. The number of hydrogen-bond donors (Lipinski definition) is 27. The number of nitrogens with zero attached hydrogens (tertiary/aromatic N) is 5. The lowest BCUT2D eigenvalue weighted by molar-refractivity contribution is -0.144. The van der Waals surface area contributed by atoms with Gasteiger partial charge in [-0.25, -0.2) is 4.79 Å². The van der Waals surface area contributed by atoms with Gasteiger partial charge < -0.3 is 151 Å². The summed E-state index contributed by atoms with van der Waals surface area (Å²) in [6.07, 6.45) is -4.39. The second-order valence-electron chi connectivity index (χ2n) is 28.2. The van der Waals surface area contributed by atoms with Crippen LogP contribution in [0.25, 0.3) is 0 Å². The summed E-state index contributed by atoms with van der Waals surface area (Å²) in [5.41, 5.74) is 49.1. The molecule has 0 radical (unpaired) electrons. The monoisotopic (exact) mass is 1640 g/mol. The minimum Gasteiger partial charge on any atom is -0.481 e. The summed E-state index contributed by atoms with van der Waals surface area (Å²) < 4.78 is 0. The number of guanidine groups is 4. The van der Waals surface area contributed by atoms with E-state index in [0.29, 0.717) is 6.42 Å². The van der Waals surface area contributed by atoms with Gasteiger partial charge in [-0.15, -0.1) is 0 Å². The molecule has 0 aromatic carbocycles. The Balaban J connectivity index is 3.61. The largest absolute Gasteiger partial charge is 0.481 e. The van der Waals surface area contributed by atoms with Crippen LogP contribution in [0.15, 0.2) is 20.0 Å². The Labute approximate surface area is 663 Å². The van der Waals surface area contributed by atoms with E-state index in [-0.39, 0.29) is 134 Å². The zero-order chi connectivity index (χ0) is 87.5. The minimum absolute atomic E-state index is 0.00396. The lowest BCUT2D eigenvalue weighted by Gasteiger charge is -2.32. The maximum absolute atomic E-state index is 14.9. The number of hydrogen-bond acceptors (Lipinski definition) is 24. The molecule has 1 heterocycles. The number of carbonyl (C=O) groups excluding carboxylic acids is 13. The second-order valence-corrected chi connectivity index (χ2v) is 28.2. The molecule has 1 rings (SSSR count). The molecule has 115 heavy (non-hydrogen) atoms. The van der Waals surface area contributed by atoms with Gasteiger partial charge in [-0.1, -0.05) is 48.0 Å². The molecule has 48 nitrogen and oxygen atoms in total. The number of nitrogens with one attached hydrogen (secondary N) is 12. The molecule has 1 fully saturated rings. The molecule has 0 bridgehead atoms. The van der Waals surface area contributed by atoms with Crippen LogP contribution < -0.4 is 115 Å². The van der Waals surface area contributed by atoms with Crippen molar-refractivity contribution in [1.29, 1.82) is 0 Å². The molecule has 0 aliphatic carbocycles. The Morgan fingerprint density at radius 2 is 0.783 bits per heavy atom. The van der Waals surface area contributed by atoms with E-state index in [1.54, 1.807) is 41.5 Å². The molecule has 1 aliphatic rings. The molecule has 36 N–H and O–H groups in total. The summed E-state index contributed by atoms with van der Waals surface area (Å²) >= 11 is 0. The molecule has 0 saturated carbocycles. The molecule has 1 aliphatic heterocycles. The van der Waals surface area contributed by atoms with Crippen molar-refractivity contribution >= 4 is 119 Å². The molecule has 13 amide bonds. The van der Waals surface area contributed by atoms with Crippen LogP contribution in [0.5, 0.6) is 0 Å². The molecule has 0 spiro atoms. The smallest absolute Gasteiger partial charge is 0.326 e. The Morgan fingerprint density at radius 1 is 0.426 bits per heavy atom. The highest BCUT2D eigenvalue weighted by Crippen LogP contribution is 2.22. The summed E-state index contributed by atoms with van der Waals surface area (Å²) in [7, 11) is 0. The predicted molar refractivity (Wildman–Crippen MR) is 413 cm³/mol. The standard InChI is InChI=1S/C67H120N26O22/c1-8-33(6)49(60(111)89-40(25-32(4)5)54(105)87-41(26-47(98)99)55(106)90-44(30-95)58(109)85-38(63(114)115)17-12-22-80-67(75)76)91-59(110)45-18-13-23-93(45)62(113)37(16-11-21-79-66(73)74)84-61(112)50(34(7)96)92-56(107)42(27-48(100)101)88-53(104)39(24-31(2)3)86-52(103)36(15-10-20-78-65(71)72)83-57(108)43(29-94)82-46(97)28-81-51(102)35(68)14-9-19-77-64(69)70/h31-45,49-50,94-96H,8-30,68H2,1-7H3,(H,81,102)(H,82,97)(H,83,108)(H,84,112)(H,85,109)(H,86,103)(H,87,105)(H,88,104)(H,89,111)(H,90,106)(H,91,110)(H,92,107)(H,98,99)(H,100,101)(H,114,115)(H4,69,70,77)(H4,71,72,78)(H4,73,74,79)(H4,75,76,80)/t33-,34+,35-,36-,37-,38-,39-,40-,41-,42-,43-,44-,45-,49-,50-/m0/s1. The van der Waals surface area contributed by atoms with Crippen molar-refractivity contribution in [3.8, 4) is 0 Å². The molecule has 0 aromatic heterocycles. The highest BCUT2D eigenvalue weighted by atomic mass is 16.4. The van der Waals surface area contributed by atoms with Crippen LogP contribution in [0, 0.1) is 17.8 Å². The molecular formula is C67H120N26O22. The number of likely N-dealkylation sites (tertiary alicyclic amines) is 1. The van der Waals surface area contributed by atoms with Crippen molar-refractivity contribution in [2.75, 3.05) is 52.5 Å². The number of carboxylic acids is 3. The van der Waals surface area contributed by atoms with Crippen molar-refractivity contribution in [2.24, 2.45) is 89.3 Å². The number of aliphatic hydroxyl groups is 3. The van der Waals surface area contributed by atoms with Crippen LogP contribution in [0.4, 0.5) is 0 Å². The Kier molecular flexibility index (Phi) is 46.5. The van der Waals surface area contributed by atoms with Crippen LogP contribution in [-0.4, -0.2) is 291 Å². The SMILES string of the molecule is CC[C@H](C)[C@H](NC(=O)[C@@H]1CCCN1C(=O)[C@H](CCCN=C(N)N)NC(=O)[C@@H](NC(=O)[C@H](CC(=O)O)NC(=O)[C@H](CC(C)C)NC(=O)[C@H](CCCN=C(N)N)NC(=O)[C@H](CO)NC(=O)CNC(=O)[C@@H](N)CCCN=C(N)N)[C@@H](C)O)C(=O)N[C@@H](CC(C)C)C(=O)N[C@@H](CC(=O)O)C(=O)N[C@@H](CO)C(=O)N[C@@H](CCCN=C(N)N)C(=O)O. The van der Waals surface area contributed by atoms with Crippen molar-refractivity contribution in [1.82, 2.24) is 68.7 Å². The van der Waals surface area contributed by atoms with Gasteiger partial charge in [0, 0.05) is 32.7 Å². The summed E-state index contributed by atoms with van der Waals surface area (Å²) in [6.45, 7) is 7.84. The number of aliphatic imine (C=N–C) groups is 4. The van der Waals surface area contributed by atoms with E-state index in [1.807, 2.05) is 0 Å². The number of amides is 13. The van der Waals surface area contributed by atoms with Gasteiger partial charge >= 0.3 is 17.9 Å². The predicted octanol–water partition coefficient (Wildman–Crippen LogP) is -11.5. The number of carboxylic acid groups (broad SMARTS) is 3. The molecule has 650 valence electrons. The first-order valence-corrected chi connectivity index (χ1v) is 37.3. The van der Waals surface area contributed by atoms with Crippen molar-refractivity contribution in [2.45, 2.75) is 229 Å². The molecule has 0 aromatic rings. The first kappa shape index (κ1) is 101. The number of aliphatic hydroxyl groups excluding tert-OH is 3. The van der Waals surface area contributed by atoms with Gasteiger partial charge in [-0.2, -0.15) is 0 Å². The van der Waals surface area contributed by atoms with Gasteiger partial charge in [0.05, 0.1) is 44.7 Å². The Hall–Kier alpha value is -11.6. The zero-order valence-corrected chi connectivity index (χ0v) is 65.7. The molecule has 48 heteroatoms. The van der Waals surface area contributed by atoms with Crippen LogP contribution in [-0.2, 0) is 76.7 Å². The second kappa shape index (κ2) is 52.7. The van der Waals surface area contributed by atoms with E-state index in [9.17, 15) is 107 Å².